The van der Waals surface area contributed by atoms with Crippen molar-refractivity contribution < 1.29 is 4.79 Å². The molecule has 1 aliphatic heterocycles. The number of carbonyl (C=O) groups excluding carboxylic acids is 1. The third-order valence-corrected chi connectivity index (χ3v) is 5.04. The number of hydrogen-bond acceptors (Lipinski definition) is 3. The van der Waals surface area contributed by atoms with Crippen LogP contribution in [0.25, 0.3) is 11.2 Å². The predicted octanol–water partition coefficient (Wildman–Crippen LogP) is 3.29. The summed E-state index contributed by atoms with van der Waals surface area (Å²) >= 11 is 0. The summed E-state index contributed by atoms with van der Waals surface area (Å²) in [5.41, 5.74) is 4.19. The molecule has 1 fully saturated rings. The molecular weight excluding hydrogens is 326 g/mol. The first-order valence-corrected chi connectivity index (χ1v) is 9.06. The Morgan fingerprint density at radius 2 is 1.92 bits per heavy atom. The van der Waals surface area contributed by atoms with Crippen molar-refractivity contribution in [2.45, 2.75) is 32.4 Å². The van der Waals surface area contributed by atoms with E-state index in [2.05, 4.69) is 51.0 Å². The van der Waals surface area contributed by atoms with Gasteiger partial charge in [-0.15, -0.1) is 0 Å². The Labute approximate surface area is 152 Å². The highest BCUT2D eigenvalue weighted by Crippen LogP contribution is 2.25. The molecule has 4 rings (SSSR count). The Bertz CT molecular complexity index is 894. The number of piperidine rings is 1. The number of amides is 2. The summed E-state index contributed by atoms with van der Waals surface area (Å²) in [6, 6.07) is 12.5. The first-order valence-electron chi connectivity index (χ1n) is 9.06. The van der Waals surface area contributed by atoms with Crippen molar-refractivity contribution in [3.05, 3.63) is 60.0 Å². The lowest BCUT2D eigenvalue weighted by molar-refractivity contribution is 0.172. The van der Waals surface area contributed by atoms with E-state index in [-0.39, 0.29) is 6.03 Å². The van der Waals surface area contributed by atoms with Gasteiger partial charge in [-0.1, -0.05) is 29.8 Å². The van der Waals surface area contributed by atoms with Crippen LogP contribution in [-0.2, 0) is 6.54 Å². The van der Waals surface area contributed by atoms with Crippen LogP contribution in [0.2, 0.25) is 0 Å². The number of nitrogens with zero attached hydrogens (tertiary/aromatic N) is 4. The van der Waals surface area contributed by atoms with Crippen LogP contribution in [0.3, 0.4) is 0 Å². The number of likely N-dealkylation sites (tertiary alicyclic amines) is 1. The fourth-order valence-corrected chi connectivity index (χ4v) is 3.48. The minimum atomic E-state index is 0.0117. The Kier molecular flexibility index (Phi) is 4.56. The first kappa shape index (κ1) is 16.6. The zero-order chi connectivity index (χ0) is 17.9. The monoisotopic (exact) mass is 349 g/mol. The summed E-state index contributed by atoms with van der Waals surface area (Å²) in [4.78, 5) is 23.2. The molecule has 0 radical (unpaired) electrons. The normalized spacial score (nSPS) is 15.3. The summed E-state index contributed by atoms with van der Waals surface area (Å²) < 4.78 is 2.15. The van der Waals surface area contributed by atoms with Crippen molar-refractivity contribution in [3.63, 3.8) is 0 Å². The predicted molar refractivity (Wildman–Crippen MR) is 101 cm³/mol. The SMILES string of the molecule is Cc1ccc(CNC(=O)N2CCC(n3cnc4cccnc43)CC2)cc1. The van der Waals surface area contributed by atoms with Gasteiger partial charge in [-0.3, -0.25) is 0 Å². The number of pyridine rings is 1. The average molecular weight is 349 g/mol. The molecule has 6 nitrogen and oxygen atoms in total. The third kappa shape index (κ3) is 3.40. The lowest BCUT2D eigenvalue weighted by Crippen LogP contribution is -2.44. The van der Waals surface area contributed by atoms with Crippen molar-refractivity contribution in [2.75, 3.05) is 13.1 Å². The minimum absolute atomic E-state index is 0.0117. The first-order chi connectivity index (χ1) is 12.7. The van der Waals surface area contributed by atoms with Crippen LogP contribution in [0.1, 0.15) is 30.0 Å². The molecule has 0 atom stereocenters. The molecule has 134 valence electrons. The molecule has 0 bridgehead atoms. The van der Waals surface area contributed by atoms with E-state index in [0.29, 0.717) is 12.6 Å². The standard InChI is InChI=1S/C20H23N5O/c1-15-4-6-16(7-5-15)13-22-20(26)24-11-8-17(9-12-24)25-14-23-18-3-2-10-21-19(18)25/h2-7,10,14,17H,8-9,11-13H2,1H3,(H,22,26). The van der Waals surface area contributed by atoms with E-state index in [1.54, 1.807) is 6.20 Å². The Balaban J connectivity index is 1.33. The number of rotatable bonds is 3. The summed E-state index contributed by atoms with van der Waals surface area (Å²) in [5.74, 6) is 0. The molecule has 0 aliphatic carbocycles. The maximum absolute atomic E-state index is 12.4. The lowest BCUT2D eigenvalue weighted by atomic mass is 10.1. The summed E-state index contributed by atoms with van der Waals surface area (Å²) in [6.45, 7) is 4.12. The van der Waals surface area contributed by atoms with Crippen LogP contribution in [0.15, 0.2) is 48.9 Å². The van der Waals surface area contributed by atoms with Gasteiger partial charge in [0.1, 0.15) is 5.52 Å². The van der Waals surface area contributed by atoms with Crippen LogP contribution >= 0.6 is 0 Å². The highest BCUT2D eigenvalue weighted by atomic mass is 16.2. The number of aromatic nitrogens is 3. The van der Waals surface area contributed by atoms with Crippen molar-refractivity contribution >= 4 is 17.2 Å². The molecule has 1 aromatic carbocycles. The van der Waals surface area contributed by atoms with E-state index < -0.39 is 0 Å². The second-order valence-electron chi connectivity index (χ2n) is 6.86. The number of benzene rings is 1. The van der Waals surface area contributed by atoms with Crippen LogP contribution in [0.5, 0.6) is 0 Å². The molecule has 0 saturated carbocycles. The van der Waals surface area contributed by atoms with Gasteiger partial charge in [0.2, 0.25) is 0 Å². The molecule has 6 heteroatoms. The van der Waals surface area contributed by atoms with Gasteiger partial charge in [-0.2, -0.15) is 0 Å². The number of nitrogens with one attached hydrogen (secondary N) is 1. The molecule has 0 spiro atoms. The maximum atomic E-state index is 12.4. The average Bonchev–Trinajstić information content (AvgIpc) is 3.11. The van der Waals surface area contributed by atoms with E-state index in [9.17, 15) is 4.79 Å². The van der Waals surface area contributed by atoms with Crippen LogP contribution in [0.4, 0.5) is 4.79 Å². The Hall–Kier alpha value is -2.89. The number of carbonyl (C=O) groups is 1. The number of urea groups is 1. The largest absolute Gasteiger partial charge is 0.334 e. The molecule has 1 saturated heterocycles. The summed E-state index contributed by atoms with van der Waals surface area (Å²) in [6.07, 6.45) is 5.50. The van der Waals surface area contributed by atoms with Crippen molar-refractivity contribution in [1.29, 1.82) is 0 Å². The number of aryl methyl sites for hydroxylation is 1. The molecule has 3 heterocycles. The zero-order valence-corrected chi connectivity index (χ0v) is 14.9. The van der Waals surface area contributed by atoms with Crippen molar-refractivity contribution in [3.8, 4) is 0 Å². The van der Waals surface area contributed by atoms with Crippen LogP contribution in [-0.4, -0.2) is 38.6 Å². The number of imidazole rings is 1. The van der Waals surface area contributed by atoms with Gasteiger partial charge in [-0.25, -0.2) is 14.8 Å². The second kappa shape index (κ2) is 7.15. The number of hydrogen-bond donors (Lipinski definition) is 1. The molecule has 1 aliphatic rings. The van der Waals surface area contributed by atoms with E-state index in [0.717, 1.165) is 42.7 Å². The molecule has 3 aromatic rings. The molecular formula is C20H23N5O. The van der Waals surface area contributed by atoms with Gasteiger partial charge < -0.3 is 14.8 Å². The quantitative estimate of drug-likeness (QED) is 0.789. The zero-order valence-electron chi connectivity index (χ0n) is 14.9. The number of fused-ring (bicyclic) bond motifs is 1. The summed E-state index contributed by atoms with van der Waals surface area (Å²) in [5, 5.41) is 3.02. The molecule has 0 unspecified atom stereocenters. The topological polar surface area (TPSA) is 63.1 Å². The lowest BCUT2D eigenvalue weighted by Gasteiger charge is -2.32. The molecule has 1 N–H and O–H groups in total. The Morgan fingerprint density at radius 3 is 2.69 bits per heavy atom. The molecule has 2 aromatic heterocycles. The third-order valence-electron chi connectivity index (χ3n) is 5.04. The van der Waals surface area contributed by atoms with Crippen LogP contribution < -0.4 is 5.32 Å². The minimum Gasteiger partial charge on any atom is -0.334 e. The van der Waals surface area contributed by atoms with E-state index in [1.165, 1.54) is 5.56 Å². The smallest absolute Gasteiger partial charge is 0.317 e. The van der Waals surface area contributed by atoms with E-state index >= 15 is 0 Å². The fraction of sp³-hybridized carbons (Fsp3) is 0.350. The Morgan fingerprint density at radius 1 is 1.15 bits per heavy atom. The van der Waals surface area contributed by atoms with Gasteiger partial charge in [0.15, 0.2) is 5.65 Å². The van der Waals surface area contributed by atoms with E-state index in [4.69, 9.17) is 0 Å². The fourth-order valence-electron chi connectivity index (χ4n) is 3.48. The van der Waals surface area contributed by atoms with Gasteiger partial charge in [0, 0.05) is 31.9 Å². The van der Waals surface area contributed by atoms with Gasteiger partial charge in [0.25, 0.3) is 0 Å². The van der Waals surface area contributed by atoms with Crippen LogP contribution in [0, 0.1) is 6.92 Å². The van der Waals surface area contributed by atoms with Crippen molar-refractivity contribution in [1.82, 2.24) is 24.8 Å². The van der Waals surface area contributed by atoms with Gasteiger partial charge >= 0.3 is 6.03 Å². The highest BCUT2D eigenvalue weighted by Gasteiger charge is 2.24. The molecule has 26 heavy (non-hydrogen) atoms. The van der Waals surface area contributed by atoms with Gasteiger partial charge in [0.05, 0.1) is 6.33 Å². The van der Waals surface area contributed by atoms with E-state index in [1.807, 2.05) is 23.4 Å². The van der Waals surface area contributed by atoms with Gasteiger partial charge in [-0.05, 0) is 37.5 Å². The maximum Gasteiger partial charge on any atom is 0.317 e. The van der Waals surface area contributed by atoms with Crippen molar-refractivity contribution in [2.24, 2.45) is 0 Å². The summed E-state index contributed by atoms with van der Waals surface area (Å²) in [7, 11) is 0. The molecule has 2 amide bonds. The second-order valence-corrected chi connectivity index (χ2v) is 6.86. The highest BCUT2D eigenvalue weighted by molar-refractivity contribution is 5.74.